The summed E-state index contributed by atoms with van der Waals surface area (Å²) in [5.74, 6) is 4.00. The Kier molecular flexibility index (Phi) is 47.2. The van der Waals surface area contributed by atoms with Crippen LogP contribution in [-0.2, 0) is 0 Å². The highest BCUT2D eigenvalue weighted by Crippen LogP contribution is 2.48. The van der Waals surface area contributed by atoms with Gasteiger partial charge in [0.15, 0.2) is 0 Å². The number of unbranched alkanes of at least 4 members (excludes halogenated alkanes) is 1. The number of likely N-dealkylation sites (N-methyl/N-ethyl adjacent to an activating group) is 1. The summed E-state index contributed by atoms with van der Waals surface area (Å²) in [5.41, 5.74) is 7.57. The molecule has 0 radical (unpaired) electrons. The Hall–Kier alpha value is -0.240. The van der Waals surface area contributed by atoms with Crippen molar-refractivity contribution in [3.63, 3.8) is 0 Å². The summed E-state index contributed by atoms with van der Waals surface area (Å²) in [6.45, 7) is 56.1. The fourth-order valence-corrected chi connectivity index (χ4v) is 11.5. The highest BCUT2D eigenvalue weighted by molar-refractivity contribution is 5.00. The van der Waals surface area contributed by atoms with Crippen LogP contribution in [0.25, 0.3) is 0 Å². The fraction of sp³-hybridized carbons (Fsp3) is 1.00. The van der Waals surface area contributed by atoms with Gasteiger partial charge < -0.3 is 25.3 Å². The minimum Gasteiger partial charge on any atom is -0.333 e. The average molecular weight is 968 g/mol. The van der Waals surface area contributed by atoms with Crippen LogP contribution >= 0.6 is 0 Å². The summed E-state index contributed by atoms with van der Waals surface area (Å²) in [7, 11) is 10.3. The molecule has 0 unspecified atom stereocenters. The quantitative estimate of drug-likeness (QED) is 0.296. The molecule has 0 aromatic carbocycles. The van der Waals surface area contributed by atoms with Crippen molar-refractivity contribution in [2.24, 2.45) is 51.1 Å². The highest BCUT2D eigenvalue weighted by Gasteiger charge is 2.46. The topological polar surface area (TPSA) is 42.2 Å². The molecule has 4 saturated heterocycles. The van der Waals surface area contributed by atoms with Crippen LogP contribution in [0.2, 0.25) is 0 Å². The SMILES string of the molecule is CC.CC.CC.CC.CC.CC.CC1CCC2(CC1)CN(C(C)C)C2.CC1CCC2(CC1)CN(C)C2.CC1CCC2(CC1)CN(C)C2.CC1CCC2(CC1)CN(CCN(C)C)C2.CCCC.CN. The van der Waals surface area contributed by atoms with Gasteiger partial charge in [0.05, 0.1) is 0 Å². The first kappa shape index (κ1) is 74.3. The van der Waals surface area contributed by atoms with Crippen molar-refractivity contribution < 1.29 is 0 Å². The van der Waals surface area contributed by atoms with Crippen LogP contribution in [-0.4, -0.2) is 131 Å². The van der Waals surface area contributed by atoms with Crippen LogP contribution in [0.15, 0.2) is 0 Å². The van der Waals surface area contributed by atoms with Gasteiger partial charge >= 0.3 is 0 Å². The summed E-state index contributed by atoms with van der Waals surface area (Å²) >= 11 is 0. The normalized spacial score (nSPS) is 25.5. The van der Waals surface area contributed by atoms with Gasteiger partial charge in [-0.3, -0.25) is 4.90 Å². The number of nitrogens with two attached hydrogens (primary N) is 1. The smallest absolute Gasteiger partial charge is 0.0110 e. The first-order valence-corrected chi connectivity index (χ1v) is 30.6. The van der Waals surface area contributed by atoms with Gasteiger partial charge in [0.1, 0.15) is 0 Å². The Balaban J connectivity index is -0.000000362. The van der Waals surface area contributed by atoms with E-state index < -0.39 is 0 Å². The van der Waals surface area contributed by atoms with Crippen LogP contribution in [0.4, 0.5) is 0 Å². The highest BCUT2D eigenvalue weighted by atomic mass is 15.2. The van der Waals surface area contributed by atoms with Crippen molar-refractivity contribution in [2.45, 2.75) is 260 Å². The number of likely N-dealkylation sites (tertiary alicyclic amines) is 4. The predicted octanol–water partition coefficient (Wildman–Crippen LogP) is 16.8. The molecule has 0 aromatic heterocycles. The van der Waals surface area contributed by atoms with Gasteiger partial charge in [0, 0.05) is 71.5 Å². The maximum absolute atomic E-state index is 4.50. The maximum Gasteiger partial charge on any atom is 0.0110 e. The van der Waals surface area contributed by atoms with Gasteiger partial charge in [0.25, 0.3) is 0 Å². The van der Waals surface area contributed by atoms with E-state index in [2.05, 4.69) is 114 Å². The standard InChI is InChI=1S/C13H26N2.C12H23N.2C10H19N.C4H10.6C2H6.CH5N/c1-12-4-6-13(7-5-12)10-15(11-13)9-8-14(2)3;1-10(2)13-8-12(9-13)6-4-11(3)5-7-12;2*1-9-3-5-10(6-4-9)7-11(2)8-10;1-3-4-2;7*1-2/h12H,4-11H2,1-3H3;10-11H,4-9H2,1-3H3;2*9H,3-8H2,1-2H3;3-4H2,1-2H3;6*1-2H3;2H2,1H3. The minimum absolute atomic E-state index is 0.749. The molecule has 0 amide bonds. The Morgan fingerprint density at radius 1 is 0.426 bits per heavy atom. The van der Waals surface area contributed by atoms with Gasteiger partial charge in [-0.05, 0) is 146 Å². The molecule has 4 heterocycles. The molecule has 0 atom stereocenters. The predicted molar refractivity (Wildman–Crippen MR) is 316 cm³/mol. The molecule has 6 nitrogen and oxygen atoms in total. The second-order valence-electron chi connectivity index (χ2n) is 22.6. The molecule has 4 saturated carbocycles. The number of nitrogens with zero attached hydrogens (tertiary/aromatic N) is 5. The monoisotopic (exact) mass is 967 g/mol. The third-order valence-electron chi connectivity index (χ3n) is 16.0. The van der Waals surface area contributed by atoms with Gasteiger partial charge in [0.2, 0.25) is 0 Å². The van der Waals surface area contributed by atoms with Crippen molar-refractivity contribution in [3.8, 4) is 0 Å². The molecule has 4 aliphatic carbocycles. The number of hydrogen-bond acceptors (Lipinski definition) is 6. The zero-order valence-electron chi connectivity index (χ0n) is 52.5. The van der Waals surface area contributed by atoms with Gasteiger partial charge in [-0.1, -0.05) is 189 Å². The van der Waals surface area contributed by atoms with E-state index in [4.69, 9.17) is 0 Å². The molecular formula is C62H138N6. The Bertz CT molecular complexity index is 958. The molecule has 416 valence electrons. The molecule has 2 N–H and O–H groups in total. The third-order valence-corrected chi connectivity index (χ3v) is 16.0. The van der Waals surface area contributed by atoms with Crippen LogP contribution < -0.4 is 5.73 Å². The molecule has 8 aliphatic rings. The van der Waals surface area contributed by atoms with Crippen LogP contribution in [0.3, 0.4) is 0 Å². The second-order valence-corrected chi connectivity index (χ2v) is 22.6. The molecule has 0 bridgehead atoms. The molecule has 4 aliphatic heterocycles. The fourth-order valence-electron chi connectivity index (χ4n) is 11.5. The van der Waals surface area contributed by atoms with Crippen molar-refractivity contribution >= 4 is 0 Å². The molecule has 4 spiro atoms. The number of rotatable bonds is 5. The zero-order valence-corrected chi connectivity index (χ0v) is 52.5. The molecular weight excluding hydrogens is 829 g/mol. The number of hydrogen-bond donors (Lipinski definition) is 1. The molecule has 68 heavy (non-hydrogen) atoms. The van der Waals surface area contributed by atoms with Crippen molar-refractivity contribution in [1.29, 1.82) is 0 Å². The summed E-state index contributed by atoms with van der Waals surface area (Å²) < 4.78 is 0. The molecule has 6 heteroatoms. The van der Waals surface area contributed by atoms with Crippen molar-refractivity contribution in [1.82, 2.24) is 24.5 Å². The van der Waals surface area contributed by atoms with Crippen molar-refractivity contribution in [3.05, 3.63) is 0 Å². The summed E-state index contributed by atoms with van der Waals surface area (Å²) in [4.78, 5) is 12.5. The Labute approximate surface area is 434 Å². The van der Waals surface area contributed by atoms with Crippen LogP contribution in [0, 0.1) is 45.3 Å². The van der Waals surface area contributed by atoms with E-state index in [0.717, 1.165) is 51.4 Å². The van der Waals surface area contributed by atoms with E-state index in [1.165, 1.54) is 188 Å². The summed E-state index contributed by atoms with van der Waals surface area (Å²) in [6, 6.07) is 0.768. The Morgan fingerprint density at radius 3 is 0.838 bits per heavy atom. The average Bonchev–Trinajstić information content (AvgIpc) is 3.34. The Morgan fingerprint density at radius 2 is 0.647 bits per heavy atom. The maximum atomic E-state index is 4.50. The summed E-state index contributed by atoms with van der Waals surface area (Å²) in [5, 5.41) is 0. The summed E-state index contributed by atoms with van der Waals surface area (Å²) in [6.07, 6.45) is 26.4. The van der Waals surface area contributed by atoms with E-state index in [1.807, 2.05) is 83.1 Å². The lowest BCUT2D eigenvalue weighted by Gasteiger charge is -2.55. The minimum atomic E-state index is 0.749. The van der Waals surface area contributed by atoms with E-state index in [-0.39, 0.29) is 0 Å². The van der Waals surface area contributed by atoms with Gasteiger partial charge in [-0.25, -0.2) is 0 Å². The van der Waals surface area contributed by atoms with E-state index in [1.54, 1.807) is 0 Å². The van der Waals surface area contributed by atoms with E-state index in [9.17, 15) is 0 Å². The first-order chi connectivity index (χ1) is 32.5. The van der Waals surface area contributed by atoms with E-state index >= 15 is 0 Å². The largest absolute Gasteiger partial charge is 0.333 e. The lowest BCUT2D eigenvalue weighted by atomic mass is 9.66. The lowest BCUT2D eigenvalue weighted by Crippen LogP contribution is -2.59. The zero-order chi connectivity index (χ0) is 53.6. The van der Waals surface area contributed by atoms with Crippen LogP contribution in [0.1, 0.15) is 254 Å². The lowest BCUT2D eigenvalue weighted by molar-refractivity contribution is -0.0538. The van der Waals surface area contributed by atoms with Gasteiger partial charge in [-0.15, -0.1) is 0 Å². The van der Waals surface area contributed by atoms with Crippen LogP contribution in [0.5, 0.6) is 0 Å². The molecule has 8 rings (SSSR count). The molecule has 8 fully saturated rings. The van der Waals surface area contributed by atoms with E-state index in [0.29, 0.717) is 0 Å². The van der Waals surface area contributed by atoms with Crippen molar-refractivity contribution in [2.75, 3.05) is 101 Å². The molecule has 0 aromatic rings. The third kappa shape index (κ3) is 28.9. The second kappa shape index (κ2) is 43.2. The first-order valence-electron chi connectivity index (χ1n) is 30.6. The van der Waals surface area contributed by atoms with Gasteiger partial charge in [-0.2, -0.15) is 0 Å².